The second-order valence-electron chi connectivity index (χ2n) is 12.3. The number of amides is 1. The summed E-state index contributed by atoms with van der Waals surface area (Å²) in [5, 5.41) is 14.5. The summed E-state index contributed by atoms with van der Waals surface area (Å²) in [5.74, 6) is -1.43. The van der Waals surface area contributed by atoms with Crippen LogP contribution in [0, 0.1) is 0 Å². The number of rotatable bonds is 13. The lowest BCUT2D eigenvalue weighted by atomic mass is 10.1. The van der Waals surface area contributed by atoms with E-state index in [4.69, 9.17) is 8.92 Å². The number of aliphatic carboxylic acids is 1. The third-order valence-electron chi connectivity index (χ3n) is 8.40. The molecule has 6 aromatic carbocycles. The molecule has 0 aliphatic rings. The van der Waals surface area contributed by atoms with Gasteiger partial charge in [-0.05, 0) is 53.9 Å². The Bertz CT molecular complexity index is 2530. The number of carboxylic acid groups (broad SMARTS) is 1. The molecule has 0 spiro atoms. The summed E-state index contributed by atoms with van der Waals surface area (Å²) in [7, 11) is -4.95. The van der Waals surface area contributed by atoms with Crippen molar-refractivity contribution in [3.8, 4) is 5.75 Å². The van der Waals surface area contributed by atoms with Gasteiger partial charge in [0, 0.05) is 41.3 Å². The van der Waals surface area contributed by atoms with Crippen molar-refractivity contribution in [3.05, 3.63) is 139 Å². The predicted octanol–water partition coefficient (Wildman–Crippen LogP) is 6.55. The lowest BCUT2D eigenvalue weighted by molar-refractivity contribution is -0.138. The molecule has 53 heavy (non-hydrogen) atoms. The van der Waals surface area contributed by atoms with E-state index in [1.54, 1.807) is 42.5 Å². The molecule has 0 aliphatic carbocycles. The topological polar surface area (TPSA) is 168 Å². The molecule has 272 valence electrons. The van der Waals surface area contributed by atoms with Crippen LogP contribution in [0.15, 0.2) is 137 Å². The van der Waals surface area contributed by atoms with Gasteiger partial charge in [0.15, 0.2) is 0 Å². The van der Waals surface area contributed by atoms with Crippen LogP contribution >= 0.6 is 0 Å². The fraction of sp³-hybridized carbons (Fsp3) is 0.128. The second-order valence-corrected chi connectivity index (χ2v) is 15.5. The summed E-state index contributed by atoms with van der Waals surface area (Å²) < 4.78 is 67.1. The summed E-state index contributed by atoms with van der Waals surface area (Å²) in [4.78, 5) is 26.6. The first-order chi connectivity index (χ1) is 25.3. The Morgan fingerprint density at radius 2 is 1.30 bits per heavy atom. The molecule has 1 amide bonds. The number of nitrogens with one attached hydrogen (secondary N) is 2. The highest BCUT2D eigenvalue weighted by molar-refractivity contribution is 7.89. The molecule has 1 unspecified atom stereocenters. The van der Waals surface area contributed by atoms with E-state index < -0.39 is 38.2 Å². The van der Waals surface area contributed by atoms with Gasteiger partial charge in [-0.15, -0.1) is 0 Å². The highest BCUT2D eigenvalue weighted by atomic mass is 32.2. The zero-order valence-electron chi connectivity index (χ0n) is 28.6. The number of nitrogens with zero attached hydrogens (tertiary/aromatic N) is 1. The molecule has 14 heteroatoms. The van der Waals surface area contributed by atoms with Crippen molar-refractivity contribution in [2.75, 3.05) is 24.3 Å². The molecular formula is C39H35N3O9S2. The van der Waals surface area contributed by atoms with E-state index in [-0.39, 0.29) is 34.0 Å². The summed E-state index contributed by atoms with van der Waals surface area (Å²) in [6.45, 7) is 0.0372. The van der Waals surface area contributed by atoms with Crippen LogP contribution < -0.4 is 19.1 Å². The molecule has 0 saturated carbocycles. The first kappa shape index (κ1) is 36.8. The summed E-state index contributed by atoms with van der Waals surface area (Å²) in [6, 6.07) is 32.6. The minimum absolute atomic E-state index is 0.00825. The van der Waals surface area contributed by atoms with Gasteiger partial charge in [-0.1, -0.05) is 91.0 Å². The largest absolute Gasteiger partial charge is 0.480 e. The molecule has 12 nitrogen and oxygen atoms in total. The summed E-state index contributed by atoms with van der Waals surface area (Å²) >= 11 is 0. The van der Waals surface area contributed by atoms with Crippen molar-refractivity contribution in [2.24, 2.45) is 0 Å². The Labute approximate surface area is 306 Å². The standard InChI is InChI=1S/C39H35N3O9S2/c1-42(2)35-16-8-15-32-30(35)14-9-17-37(32)53(48,49)51-28-20-18-26(19-21-28)24-34(38(43)44)41-52(46,47)36-23-22-33(29-12-6-7-13-31(29)36)40-39(45)50-25-27-10-4-3-5-11-27/h3-23,34,41H,24-25H2,1-2H3,(H,40,45)(H,43,44). The van der Waals surface area contributed by atoms with Gasteiger partial charge in [0.05, 0.1) is 10.6 Å². The van der Waals surface area contributed by atoms with Gasteiger partial charge in [0.2, 0.25) is 10.0 Å². The first-order valence-corrected chi connectivity index (χ1v) is 19.2. The van der Waals surface area contributed by atoms with Crippen LogP contribution in [0.25, 0.3) is 21.5 Å². The molecule has 6 rings (SSSR count). The minimum Gasteiger partial charge on any atom is -0.480 e. The number of sulfonamides is 1. The number of carbonyl (C=O) groups excluding carboxylic acids is 1. The number of anilines is 2. The maximum Gasteiger partial charge on any atom is 0.411 e. The summed E-state index contributed by atoms with van der Waals surface area (Å²) in [5.41, 5.74) is 2.34. The number of fused-ring (bicyclic) bond motifs is 2. The van der Waals surface area contributed by atoms with Crippen molar-refractivity contribution in [1.82, 2.24) is 4.72 Å². The van der Waals surface area contributed by atoms with E-state index in [1.165, 1.54) is 42.5 Å². The number of carboxylic acids is 1. The second kappa shape index (κ2) is 15.3. The fourth-order valence-electron chi connectivity index (χ4n) is 5.87. The van der Waals surface area contributed by atoms with Crippen LogP contribution in [-0.2, 0) is 42.7 Å². The van der Waals surface area contributed by atoms with Crippen LogP contribution in [0.3, 0.4) is 0 Å². The highest BCUT2D eigenvalue weighted by Gasteiger charge is 2.28. The number of hydrogen-bond acceptors (Lipinski definition) is 9. The van der Waals surface area contributed by atoms with Crippen LogP contribution in [0.5, 0.6) is 5.75 Å². The van der Waals surface area contributed by atoms with Gasteiger partial charge in [-0.2, -0.15) is 13.1 Å². The Hall–Kier alpha value is -5.96. The summed E-state index contributed by atoms with van der Waals surface area (Å²) in [6.07, 6.45) is -0.997. The molecular weight excluding hydrogens is 719 g/mol. The van der Waals surface area contributed by atoms with E-state index in [9.17, 15) is 31.5 Å². The molecule has 0 aromatic heterocycles. The molecule has 0 fully saturated rings. The fourth-order valence-corrected chi connectivity index (χ4v) is 8.42. The monoisotopic (exact) mass is 753 g/mol. The molecule has 3 N–H and O–H groups in total. The Morgan fingerprint density at radius 3 is 2.00 bits per heavy atom. The number of hydrogen-bond donors (Lipinski definition) is 3. The Balaban J connectivity index is 1.16. The number of benzene rings is 6. The van der Waals surface area contributed by atoms with Crippen molar-refractivity contribution in [2.45, 2.75) is 28.9 Å². The normalized spacial score (nSPS) is 12.3. The van der Waals surface area contributed by atoms with Crippen molar-refractivity contribution in [3.63, 3.8) is 0 Å². The van der Waals surface area contributed by atoms with Gasteiger partial charge >= 0.3 is 22.2 Å². The van der Waals surface area contributed by atoms with Crippen molar-refractivity contribution < 1.29 is 40.5 Å². The molecule has 0 radical (unpaired) electrons. The lowest BCUT2D eigenvalue weighted by Crippen LogP contribution is -2.42. The van der Waals surface area contributed by atoms with Crippen LogP contribution in [-0.4, -0.2) is 54.1 Å². The quantitative estimate of drug-likeness (QED) is 0.110. The zero-order valence-corrected chi connectivity index (χ0v) is 30.2. The van der Waals surface area contributed by atoms with E-state index in [1.807, 2.05) is 61.5 Å². The third kappa shape index (κ3) is 8.41. The van der Waals surface area contributed by atoms with Crippen LogP contribution in [0.4, 0.5) is 16.2 Å². The number of carbonyl (C=O) groups is 2. The Morgan fingerprint density at radius 1 is 0.679 bits per heavy atom. The molecule has 0 bridgehead atoms. The molecule has 0 saturated heterocycles. The number of ether oxygens (including phenoxy) is 1. The van der Waals surface area contributed by atoms with E-state index in [2.05, 4.69) is 10.0 Å². The molecule has 0 heterocycles. The van der Waals surface area contributed by atoms with E-state index >= 15 is 0 Å². The molecule has 1 atom stereocenters. The SMILES string of the molecule is CN(C)c1cccc2c(S(=O)(=O)Oc3ccc(CC(NS(=O)(=O)c4ccc(NC(=O)OCc5ccccc5)c5ccccc45)C(=O)O)cc3)cccc12. The molecule has 0 aliphatic heterocycles. The maximum atomic E-state index is 13.7. The maximum absolute atomic E-state index is 13.7. The first-order valence-electron chi connectivity index (χ1n) is 16.3. The predicted molar refractivity (Wildman–Crippen MR) is 202 cm³/mol. The van der Waals surface area contributed by atoms with Gasteiger partial charge in [0.1, 0.15) is 23.3 Å². The van der Waals surface area contributed by atoms with Crippen molar-refractivity contribution >= 4 is 65.1 Å². The molecule has 6 aromatic rings. The average molecular weight is 754 g/mol. The smallest absolute Gasteiger partial charge is 0.411 e. The van der Waals surface area contributed by atoms with Crippen molar-refractivity contribution in [1.29, 1.82) is 0 Å². The minimum atomic E-state index is -4.41. The average Bonchev–Trinajstić information content (AvgIpc) is 3.14. The lowest BCUT2D eigenvalue weighted by Gasteiger charge is -2.18. The van der Waals surface area contributed by atoms with E-state index in [0.29, 0.717) is 22.0 Å². The van der Waals surface area contributed by atoms with E-state index in [0.717, 1.165) is 16.6 Å². The van der Waals surface area contributed by atoms with Crippen LogP contribution in [0.2, 0.25) is 0 Å². The van der Waals surface area contributed by atoms with Gasteiger partial charge in [-0.3, -0.25) is 10.1 Å². The Kier molecular flexibility index (Phi) is 10.7. The van der Waals surface area contributed by atoms with Gasteiger partial charge in [-0.25, -0.2) is 13.2 Å². The van der Waals surface area contributed by atoms with Gasteiger partial charge in [0.25, 0.3) is 0 Å². The van der Waals surface area contributed by atoms with Crippen LogP contribution in [0.1, 0.15) is 11.1 Å². The zero-order chi connectivity index (χ0) is 37.8. The highest BCUT2D eigenvalue weighted by Crippen LogP contribution is 2.32. The van der Waals surface area contributed by atoms with Gasteiger partial charge < -0.3 is 18.9 Å². The third-order valence-corrected chi connectivity index (χ3v) is 11.2.